The minimum absolute atomic E-state index is 0.446. The zero-order valence-corrected chi connectivity index (χ0v) is 7.41. The van der Waals surface area contributed by atoms with E-state index in [1.54, 1.807) is 6.33 Å². The van der Waals surface area contributed by atoms with E-state index >= 15 is 0 Å². The summed E-state index contributed by atoms with van der Waals surface area (Å²) in [4.78, 5) is 8.47. The fourth-order valence-corrected chi connectivity index (χ4v) is 1.27. The van der Waals surface area contributed by atoms with E-state index in [4.69, 9.17) is 11.6 Å². The highest BCUT2D eigenvalue weighted by Gasteiger charge is 2.00. The third-order valence-corrected chi connectivity index (χ3v) is 2.03. The Labute approximate surface area is 75.0 Å². The maximum atomic E-state index is 5.65. The molecule has 0 saturated heterocycles. The largest absolute Gasteiger partial charge is 0.318 e. The summed E-state index contributed by atoms with van der Waals surface area (Å²) in [6, 6.07) is 3.82. The van der Waals surface area contributed by atoms with Crippen molar-refractivity contribution in [2.45, 2.75) is 5.88 Å². The molecule has 0 N–H and O–H groups in total. The molecule has 0 aliphatic heterocycles. The third-order valence-electron chi connectivity index (χ3n) is 1.75. The van der Waals surface area contributed by atoms with Crippen LogP contribution in [0.3, 0.4) is 0 Å². The maximum Gasteiger partial charge on any atom is 0.159 e. The molecule has 0 aliphatic rings. The second kappa shape index (κ2) is 2.75. The van der Waals surface area contributed by atoms with E-state index in [-0.39, 0.29) is 0 Å². The molecular weight excluding hydrogens is 174 g/mol. The minimum Gasteiger partial charge on any atom is -0.318 e. The van der Waals surface area contributed by atoms with Crippen LogP contribution >= 0.6 is 11.6 Å². The molecule has 0 bridgehead atoms. The van der Waals surface area contributed by atoms with Crippen molar-refractivity contribution in [3.05, 3.63) is 24.2 Å². The Kier molecular flexibility index (Phi) is 1.73. The van der Waals surface area contributed by atoms with Gasteiger partial charge in [-0.2, -0.15) is 0 Å². The molecule has 2 rings (SSSR count). The van der Waals surface area contributed by atoms with E-state index in [9.17, 15) is 0 Å². The predicted molar refractivity (Wildman–Crippen MR) is 48.1 cm³/mol. The fourth-order valence-electron chi connectivity index (χ4n) is 1.12. The van der Waals surface area contributed by atoms with Crippen LogP contribution in [-0.2, 0) is 12.9 Å². The van der Waals surface area contributed by atoms with Crippen molar-refractivity contribution in [2.75, 3.05) is 0 Å². The Balaban J connectivity index is 2.71. The summed E-state index contributed by atoms with van der Waals surface area (Å²) in [7, 11) is 1.92. The van der Waals surface area contributed by atoms with Gasteiger partial charge in [0.1, 0.15) is 5.52 Å². The molecule has 0 spiro atoms. The molecule has 4 heteroatoms. The van der Waals surface area contributed by atoms with Crippen molar-refractivity contribution in [3.63, 3.8) is 0 Å². The summed E-state index contributed by atoms with van der Waals surface area (Å²) in [5, 5.41) is 0. The smallest absolute Gasteiger partial charge is 0.159 e. The molecule has 0 unspecified atom stereocenters. The molecule has 2 aromatic rings. The molecule has 12 heavy (non-hydrogen) atoms. The van der Waals surface area contributed by atoms with Gasteiger partial charge >= 0.3 is 0 Å². The monoisotopic (exact) mass is 181 g/mol. The Morgan fingerprint density at radius 1 is 1.50 bits per heavy atom. The molecule has 3 nitrogen and oxygen atoms in total. The highest BCUT2D eigenvalue weighted by Crippen LogP contribution is 2.10. The SMILES string of the molecule is Cn1cnc2ccc(CCl)nc21. The number of imidazole rings is 1. The van der Waals surface area contributed by atoms with E-state index in [0.29, 0.717) is 5.88 Å². The lowest BCUT2D eigenvalue weighted by Gasteiger charge is -1.95. The number of hydrogen-bond acceptors (Lipinski definition) is 2. The third kappa shape index (κ3) is 1.06. The number of hydrogen-bond donors (Lipinski definition) is 0. The van der Waals surface area contributed by atoms with Gasteiger partial charge in [-0.3, -0.25) is 0 Å². The van der Waals surface area contributed by atoms with Gasteiger partial charge in [0, 0.05) is 7.05 Å². The lowest BCUT2D eigenvalue weighted by atomic mass is 10.3. The fraction of sp³-hybridized carbons (Fsp3) is 0.250. The zero-order chi connectivity index (χ0) is 8.55. The van der Waals surface area contributed by atoms with Crippen LogP contribution in [0.2, 0.25) is 0 Å². The van der Waals surface area contributed by atoms with Gasteiger partial charge < -0.3 is 4.57 Å². The number of fused-ring (bicyclic) bond motifs is 1. The first-order valence-electron chi connectivity index (χ1n) is 3.64. The summed E-state index contributed by atoms with van der Waals surface area (Å²) in [6.45, 7) is 0. The molecule has 0 radical (unpaired) electrons. The van der Waals surface area contributed by atoms with Crippen molar-refractivity contribution in [3.8, 4) is 0 Å². The zero-order valence-electron chi connectivity index (χ0n) is 6.66. The number of halogens is 1. The van der Waals surface area contributed by atoms with Gasteiger partial charge in [0.15, 0.2) is 5.65 Å². The summed E-state index contributed by atoms with van der Waals surface area (Å²) in [5.41, 5.74) is 2.67. The number of aromatic nitrogens is 3. The van der Waals surface area contributed by atoms with Gasteiger partial charge in [0.05, 0.1) is 17.9 Å². The van der Waals surface area contributed by atoms with E-state index in [2.05, 4.69) is 9.97 Å². The molecule has 0 aromatic carbocycles. The molecule has 2 heterocycles. The topological polar surface area (TPSA) is 30.7 Å². The van der Waals surface area contributed by atoms with Crippen molar-refractivity contribution < 1.29 is 0 Å². The second-order valence-electron chi connectivity index (χ2n) is 2.63. The van der Waals surface area contributed by atoms with E-state index in [1.807, 2.05) is 23.7 Å². The Hall–Kier alpha value is -1.09. The van der Waals surface area contributed by atoms with Crippen molar-refractivity contribution in [1.82, 2.24) is 14.5 Å². The molecule has 0 fully saturated rings. The molecule has 0 saturated carbocycles. The quantitative estimate of drug-likeness (QED) is 0.627. The lowest BCUT2D eigenvalue weighted by Crippen LogP contribution is -1.90. The van der Waals surface area contributed by atoms with Crippen LogP contribution in [0.15, 0.2) is 18.5 Å². The molecule has 0 atom stereocenters. The maximum absolute atomic E-state index is 5.65. The van der Waals surface area contributed by atoms with Crippen LogP contribution in [0.1, 0.15) is 5.69 Å². The van der Waals surface area contributed by atoms with Crippen LogP contribution < -0.4 is 0 Å². The number of rotatable bonds is 1. The summed E-state index contributed by atoms with van der Waals surface area (Å²) in [6.07, 6.45) is 1.75. The number of alkyl halides is 1. The molecule has 2 aromatic heterocycles. The number of pyridine rings is 1. The predicted octanol–water partition coefficient (Wildman–Crippen LogP) is 1.71. The first-order valence-corrected chi connectivity index (χ1v) is 4.17. The first-order chi connectivity index (χ1) is 5.81. The lowest BCUT2D eigenvalue weighted by molar-refractivity contribution is 0.926. The van der Waals surface area contributed by atoms with Crippen LogP contribution in [0.5, 0.6) is 0 Å². The van der Waals surface area contributed by atoms with Crippen LogP contribution in [0.4, 0.5) is 0 Å². The highest BCUT2D eigenvalue weighted by atomic mass is 35.5. The van der Waals surface area contributed by atoms with E-state index in [1.165, 1.54) is 0 Å². The Bertz CT molecular complexity index is 408. The van der Waals surface area contributed by atoms with Gasteiger partial charge in [-0.25, -0.2) is 9.97 Å². The molecule has 0 aliphatic carbocycles. The van der Waals surface area contributed by atoms with Crippen LogP contribution in [0.25, 0.3) is 11.2 Å². The summed E-state index contributed by atoms with van der Waals surface area (Å²) >= 11 is 5.65. The average Bonchev–Trinajstić information content (AvgIpc) is 2.47. The Morgan fingerprint density at radius 3 is 3.08 bits per heavy atom. The number of nitrogens with zero attached hydrogens (tertiary/aromatic N) is 3. The van der Waals surface area contributed by atoms with Crippen LogP contribution in [0, 0.1) is 0 Å². The molecule has 0 amide bonds. The first kappa shape index (κ1) is 7.55. The van der Waals surface area contributed by atoms with E-state index in [0.717, 1.165) is 16.9 Å². The molecular formula is C8H8ClN3. The van der Waals surface area contributed by atoms with Crippen molar-refractivity contribution >= 4 is 22.8 Å². The Morgan fingerprint density at radius 2 is 2.33 bits per heavy atom. The van der Waals surface area contributed by atoms with E-state index < -0.39 is 0 Å². The number of aryl methyl sites for hydroxylation is 1. The summed E-state index contributed by atoms with van der Waals surface area (Å²) < 4.78 is 1.88. The van der Waals surface area contributed by atoms with Gasteiger partial charge in [-0.15, -0.1) is 11.6 Å². The van der Waals surface area contributed by atoms with Gasteiger partial charge in [0.2, 0.25) is 0 Å². The standard InChI is InChI=1S/C8H8ClN3/c1-12-5-10-7-3-2-6(4-9)11-8(7)12/h2-3,5H,4H2,1H3. The minimum atomic E-state index is 0.446. The van der Waals surface area contributed by atoms with Gasteiger partial charge in [-0.1, -0.05) is 0 Å². The normalized spacial score (nSPS) is 10.8. The van der Waals surface area contributed by atoms with Gasteiger partial charge in [0.25, 0.3) is 0 Å². The molecule has 62 valence electrons. The van der Waals surface area contributed by atoms with Gasteiger partial charge in [-0.05, 0) is 12.1 Å². The van der Waals surface area contributed by atoms with Crippen molar-refractivity contribution in [1.29, 1.82) is 0 Å². The van der Waals surface area contributed by atoms with Crippen molar-refractivity contribution in [2.24, 2.45) is 7.05 Å². The summed E-state index contributed by atoms with van der Waals surface area (Å²) in [5.74, 6) is 0.446. The van der Waals surface area contributed by atoms with Crippen LogP contribution in [-0.4, -0.2) is 14.5 Å². The average molecular weight is 182 g/mol. The second-order valence-corrected chi connectivity index (χ2v) is 2.90. The highest BCUT2D eigenvalue weighted by molar-refractivity contribution is 6.16.